The van der Waals surface area contributed by atoms with Crippen LogP contribution in [-0.4, -0.2) is 39.1 Å². The molecule has 1 aromatic heterocycles. The van der Waals surface area contributed by atoms with E-state index in [1.165, 1.54) is 0 Å². The van der Waals surface area contributed by atoms with Crippen LogP contribution in [0.2, 0.25) is 0 Å². The van der Waals surface area contributed by atoms with E-state index in [0.29, 0.717) is 13.1 Å². The SMILES string of the molecule is Cc1cc2c(cn1)CN(C(=O)CO)C2.O=CO. The second kappa shape index (κ2) is 5.95. The molecule has 1 amide bonds. The number of hydrogen-bond acceptors (Lipinski definition) is 4. The zero-order chi connectivity index (χ0) is 12.8. The molecule has 2 rings (SSSR count). The van der Waals surface area contributed by atoms with Crippen molar-refractivity contribution < 1.29 is 19.8 Å². The quantitative estimate of drug-likeness (QED) is 0.668. The Kier molecular flexibility index (Phi) is 4.59. The lowest BCUT2D eigenvalue weighted by atomic mass is 10.2. The van der Waals surface area contributed by atoms with Crippen LogP contribution in [0.4, 0.5) is 0 Å². The number of hydrogen-bond donors (Lipinski definition) is 2. The lowest BCUT2D eigenvalue weighted by Gasteiger charge is -2.12. The van der Waals surface area contributed by atoms with E-state index in [-0.39, 0.29) is 12.4 Å². The number of amides is 1. The molecule has 0 atom stereocenters. The fourth-order valence-electron chi connectivity index (χ4n) is 1.68. The summed E-state index contributed by atoms with van der Waals surface area (Å²) in [5.41, 5.74) is 3.18. The maximum absolute atomic E-state index is 11.2. The van der Waals surface area contributed by atoms with E-state index in [2.05, 4.69) is 4.98 Å². The molecule has 1 aliphatic heterocycles. The summed E-state index contributed by atoms with van der Waals surface area (Å²) in [6, 6.07) is 1.99. The highest BCUT2D eigenvalue weighted by Gasteiger charge is 2.22. The molecular formula is C11H14N2O4. The van der Waals surface area contributed by atoms with Crippen LogP contribution in [0, 0.1) is 6.92 Å². The third-order valence-corrected chi connectivity index (χ3v) is 2.43. The molecule has 2 N–H and O–H groups in total. The predicted octanol–water partition coefficient (Wildman–Crippen LogP) is -0.0747. The zero-order valence-electron chi connectivity index (χ0n) is 9.46. The number of aryl methyl sites for hydroxylation is 1. The molecular weight excluding hydrogens is 224 g/mol. The Morgan fingerprint density at radius 1 is 1.53 bits per heavy atom. The Morgan fingerprint density at radius 2 is 2.12 bits per heavy atom. The number of rotatable bonds is 1. The van der Waals surface area contributed by atoms with Crippen molar-refractivity contribution in [2.75, 3.05) is 6.61 Å². The third-order valence-electron chi connectivity index (χ3n) is 2.43. The van der Waals surface area contributed by atoms with E-state index in [0.717, 1.165) is 16.8 Å². The Bertz CT molecular complexity index is 420. The Hall–Kier alpha value is -1.95. The summed E-state index contributed by atoms with van der Waals surface area (Å²) in [7, 11) is 0. The van der Waals surface area contributed by atoms with Gasteiger partial charge in [0.25, 0.3) is 6.47 Å². The standard InChI is InChI=1S/C10H12N2O2.CH2O2/c1-7-2-8-4-12(10(14)6-13)5-9(8)3-11-7;2-1-3/h2-3,13H,4-6H2,1H3;1H,(H,2,3). The normalized spacial score (nSPS) is 12.5. The third kappa shape index (κ3) is 3.25. The van der Waals surface area contributed by atoms with Crippen molar-refractivity contribution in [1.82, 2.24) is 9.88 Å². The van der Waals surface area contributed by atoms with Crippen LogP contribution in [0.15, 0.2) is 12.3 Å². The van der Waals surface area contributed by atoms with Gasteiger partial charge in [0.2, 0.25) is 5.91 Å². The number of aliphatic hydroxyl groups is 1. The lowest BCUT2D eigenvalue weighted by Crippen LogP contribution is -2.27. The lowest BCUT2D eigenvalue weighted by molar-refractivity contribution is -0.134. The van der Waals surface area contributed by atoms with Gasteiger partial charge in [0.05, 0.1) is 0 Å². The molecule has 17 heavy (non-hydrogen) atoms. The fraction of sp³-hybridized carbons (Fsp3) is 0.364. The first-order valence-corrected chi connectivity index (χ1v) is 5.03. The molecule has 0 saturated carbocycles. The summed E-state index contributed by atoms with van der Waals surface area (Å²) >= 11 is 0. The highest BCUT2D eigenvalue weighted by molar-refractivity contribution is 5.77. The van der Waals surface area contributed by atoms with Gasteiger partial charge in [-0.15, -0.1) is 0 Å². The number of pyridine rings is 1. The molecule has 6 nitrogen and oxygen atoms in total. The molecule has 2 heterocycles. The van der Waals surface area contributed by atoms with Gasteiger partial charge in [0.15, 0.2) is 0 Å². The average molecular weight is 238 g/mol. The van der Waals surface area contributed by atoms with Crippen LogP contribution in [0.25, 0.3) is 0 Å². The number of fused-ring (bicyclic) bond motifs is 1. The number of aromatic nitrogens is 1. The van der Waals surface area contributed by atoms with Crippen LogP contribution in [0.3, 0.4) is 0 Å². The number of aliphatic hydroxyl groups excluding tert-OH is 1. The molecule has 0 aliphatic carbocycles. The van der Waals surface area contributed by atoms with Crippen LogP contribution >= 0.6 is 0 Å². The van der Waals surface area contributed by atoms with Crippen molar-refractivity contribution in [3.05, 3.63) is 29.1 Å². The fourth-order valence-corrected chi connectivity index (χ4v) is 1.68. The Labute approximate surface area is 98.5 Å². The molecule has 0 bridgehead atoms. The topological polar surface area (TPSA) is 90.7 Å². The van der Waals surface area contributed by atoms with Gasteiger partial charge < -0.3 is 15.1 Å². The maximum atomic E-state index is 11.2. The van der Waals surface area contributed by atoms with Crippen molar-refractivity contribution in [3.63, 3.8) is 0 Å². The number of carbonyl (C=O) groups excluding carboxylic acids is 1. The highest BCUT2D eigenvalue weighted by Crippen LogP contribution is 2.22. The van der Waals surface area contributed by atoms with E-state index in [9.17, 15) is 4.79 Å². The van der Waals surface area contributed by atoms with Gasteiger partial charge in [-0.1, -0.05) is 0 Å². The summed E-state index contributed by atoms with van der Waals surface area (Å²) in [5, 5.41) is 15.6. The summed E-state index contributed by atoms with van der Waals surface area (Å²) in [6.45, 7) is 2.43. The van der Waals surface area contributed by atoms with Crippen molar-refractivity contribution in [1.29, 1.82) is 0 Å². The Balaban J connectivity index is 0.000000437. The van der Waals surface area contributed by atoms with E-state index in [1.807, 2.05) is 13.0 Å². The molecule has 1 aliphatic rings. The van der Waals surface area contributed by atoms with Crippen molar-refractivity contribution in [2.24, 2.45) is 0 Å². The van der Waals surface area contributed by atoms with E-state index >= 15 is 0 Å². The minimum Gasteiger partial charge on any atom is -0.483 e. The minimum absolute atomic E-state index is 0.223. The second-order valence-corrected chi connectivity index (χ2v) is 3.61. The van der Waals surface area contributed by atoms with E-state index < -0.39 is 6.61 Å². The van der Waals surface area contributed by atoms with E-state index in [4.69, 9.17) is 15.0 Å². The molecule has 0 aromatic carbocycles. The Morgan fingerprint density at radius 3 is 2.71 bits per heavy atom. The van der Waals surface area contributed by atoms with E-state index in [1.54, 1.807) is 11.1 Å². The van der Waals surface area contributed by atoms with Gasteiger partial charge in [-0.25, -0.2) is 0 Å². The molecule has 6 heteroatoms. The first kappa shape index (κ1) is 13.1. The molecule has 0 fully saturated rings. The van der Waals surface area contributed by atoms with Crippen LogP contribution in [0.5, 0.6) is 0 Å². The molecule has 0 radical (unpaired) electrons. The zero-order valence-corrected chi connectivity index (χ0v) is 9.46. The summed E-state index contributed by atoms with van der Waals surface area (Å²) in [4.78, 5) is 25.4. The van der Waals surface area contributed by atoms with Gasteiger partial charge in [0.1, 0.15) is 6.61 Å². The van der Waals surface area contributed by atoms with Gasteiger partial charge in [-0.05, 0) is 24.1 Å². The van der Waals surface area contributed by atoms with Crippen molar-refractivity contribution in [2.45, 2.75) is 20.0 Å². The minimum atomic E-state index is -0.416. The maximum Gasteiger partial charge on any atom is 0.290 e. The van der Waals surface area contributed by atoms with Crippen molar-refractivity contribution in [3.8, 4) is 0 Å². The van der Waals surface area contributed by atoms with Gasteiger partial charge >= 0.3 is 0 Å². The summed E-state index contributed by atoms with van der Waals surface area (Å²) in [5.74, 6) is -0.223. The largest absolute Gasteiger partial charge is 0.483 e. The van der Waals surface area contributed by atoms with Gasteiger partial charge in [0, 0.05) is 25.0 Å². The second-order valence-electron chi connectivity index (χ2n) is 3.61. The highest BCUT2D eigenvalue weighted by atomic mass is 16.3. The number of carbonyl (C=O) groups is 2. The first-order valence-electron chi connectivity index (χ1n) is 5.03. The molecule has 0 saturated heterocycles. The first-order chi connectivity index (χ1) is 8.12. The predicted molar refractivity (Wildman–Crippen MR) is 59.0 cm³/mol. The summed E-state index contributed by atoms with van der Waals surface area (Å²) < 4.78 is 0. The molecule has 0 unspecified atom stereocenters. The molecule has 1 aromatic rings. The molecule has 0 spiro atoms. The van der Waals surface area contributed by atoms with Gasteiger partial charge in [-0.2, -0.15) is 0 Å². The van der Waals surface area contributed by atoms with Crippen molar-refractivity contribution >= 4 is 12.4 Å². The monoisotopic (exact) mass is 238 g/mol. The number of carboxylic acid groups (broad SMARTS) is 1. The molecule has 92 valence electrons. The number of nitrogens with zero attached hydrogens (tertiary/aromatic N) is 2. The van der Waals surface area contributed by atoms with Gasteiger partial charge in [-0.3, -0.25) is 14.6 Å². The van der Waals surface area contributed by atoms with Crippen LogP contribution in [-0.2, 0) is 22.7 Å². The average Bonchev–Trinajstić information content (AvgIpc) is 2.71. The smallest absolute Gasteiger partial charge is 0.290 e. The summed E-state index contributed by atoms with van der Waals surface area (Å²) in [6.07, 6.45) is 1.80. The van der Waals surface area contributed by atoms with Crippen LogP contribution < -0.4 is 0 Å². The van der Waals surface area contributed by atoms with Crippen LogP contribution in [0.1, 0.15) is 16.8 Å².